The van der Waals surface area contributed by atoms with Crippen LogP contribution in [0, 0.1) is 5.82 Å². The highest BCUT2D eigenvalue weighted by molar-refractivity contribution is 7.98. The van der Waals surface area contributed by atoms with Crippen molar-refractivity contribution in [2.24, 2.45) is 0 Å². The number of amides is 1. The number of carbonyl (C=O) groups is 1. The normalized spacial score (nSPS) is 10.5. The molecule has 1 amide bonds. The Kier molecular flexibility index (Phi) is 4.43. The van der Waals surface area contributed by atoms with E-state index in [2.05, 4.69) is 10.5 Å². The Morgan fingerprint density at radius 1 is 1.17 bits per heavy atom. The number of hydrogen-bond acceptors (Lipinski definition) is 4. The molecule has 0 aliphatic carbocycles. The fourth-order valence-electron chi connectivity index (χ4n) is 2.03. The summed E-state index contributed by atoms with van der Waals surface area (Å²) in [6.07, 6.45) is 1.97. The maximum absolute atomic E-state index is 12.9. The standard InChI is InChI=1S/C17H13FN2O2S/c1-23-14-4-2-3-13(9-14)19-17(21)15-10-16(22-20-15)11-5-7-12(18)8-6-11/h2-10H,1H3,(H,19,21). The summed E-state index contributed by atoms with van der Waals surface area (Å²) in [5, 5.41) is 6.54. The first-order valence-electron chi connectivity index (χ1n) is 6.84. The molecule has 0 aliphatic rings. The van der Waals surface area contributed by atoms with Gasteiger partial charge in [-0.15, -0.1) is 11.8 Å². The number of carbonyl (C=O) groups excluding carboxylic acids is 1. The predicted octanol–water partition coefficient (Wildman–Crippen LogP) is 4.45. The van der Waals surface area contributed by atoms with Gasteiger partial charge in [0.25, 0.3) is 5.91 Å². The van der Waals surface area contributed by atoms with Gasteiger partial charge in [0, 0.05) is 22.2 Å². The summed E-state index contributed by atoms with van der Waals surface area (Å²) in [7, 11) is 0. The first-order valence-corrected chi connectivity index (χ1v) is 8.06. The van der Waals surface area contributed by atoms with E-state index in [4.69, 9.17) is 4.52 Å². The molecule has 116 valence electrons. The van der Waals surface area contributed by atoms with Gasteiger partial charge in [0.05, 0.1) is 0 Å². The number of hydrogen-bond donors (Lipinski definition) is 1. The molecule has 1 heterocycles. The molecule has 23 heavy (non-hydrogen) atoms. The number of halogens is 1. The molecule has 6 heteroatoms. The summed E-state index contributed by atoms with van der Waals surface area (Å²) >= 11 is 1.59. The highest BCUT2D eigenvalue weighted by atomic mass is 32.2. The maximum Gasteiger partial charge on any atom is 0.277 e. The Labute approximate surface area is 136 Å². The van der Waals surface area contributed by atoms with E-state index in [-0.39, 0.29) is 17.4 Å². The Bertz CT molecular complexity index is 831. The molecule has 1 N–H and O–H groups in total. The highest BCUT2D eigenvalue weighted by Crippen LogP contribution is 2.22. The van der Waals surface area contributed by atoms with Gasteiger partial charge < -0.3 is 9.84 Å². The first-order chi connectivity index (χ1) is 11.2. The Hall–Kier alpha value is -2.60. The van der Waals surface area contributed by atoms with Gasteiger partial charge in [0.2, 0.25) is 0 Å². The zero-order chi connectivity index (χ0) is 16.2. The van der Waals surface area contributed by atoms with Crippen LogP contribution in [0.25, 0.3) is 11.3 Å². The number of benzene rings is 2. The van der Waals surface area contributed by atoms with Gasteiger partial charge in [-0.2, -0.15) is 0 Å². The van der Waals surface area contributed by atoms with Crippen molar-refractivity contribution < 1.29 is 13.7 Å². The van der Waals surface area contributed by atoms with Gasteiger partial charge in [-0.25, -0.2) is 4.39 Å². The van der Waals surface area contributed by atoms with E-state index in [0.29, 0.717) is 17.0 Å². The van der Waals surface area contributed by atoms with Crippen molar-refractivity contribution in [1.82, 2.24) is 5.16 Å². The molecule has 1 aromatic heterocycles. The second kappa shape index (κ2) is 6.66. The lowest BCUT2D eigenvalue weighted by Crippen LogP contribution is -2.12. The van der Waals surface area contributed by atoms with Gasteiger partial charge in [-0.1, -0.05) is 11.2 Å². The van der Waals surface area contributed by atoms with Crippen LogP contribution in [0.2, 0.25) is 0 Å². The van der Waals surface area contributed by atoms with Crippen molar-refractivity contribution in [1.29, 1.82) is 0 Å². The number of thioether (sulfide) groups is 1. The number of anilines is 1. The highest BCUT2D eigenvalue weighted by Gasteiger charge is 2.14. The topological polar surface area (TPSA) is 55.1 Å². The zero-order valence-electron chi connectivity index (χ0n) is 12.2. The van der Waals surface area contributed by atoms with E-state index in [0.717, 1.165) is 4.90 Å². The molecule has 0 saturated heterocycles. The van der Waals surface area contributed by atoms with Crippen LogP contribution in [0.15, 0.2) is 64.0 Å². The van der Waals surface area contributed by atoms with Gasteiger partial charge >= 0.3 is 0 Å². The van der Waals surface area contributed by atoms with Crippen LogP contribution < -0.4 is 5.32 Å². The van der Waals surface area contributed by atoms with E-state index in [1.807, 2.05) is 24.5 Å². The molecule has 0 atom stereocenters. The monoisotopic (exact) mass is 328 g/mol. The molecule has 0 radical (unpaired) electrons. The fourth-order valence-corrected chi connectivity index (χ4v) is 2.49. The Morgan fingerprint density at radius 3 is 2.70 bits per heavy atom. The third-order valence-corrected chi connectivity index (χ3v) is 3.92. The summed E-state index contributed by atoms with van der Waals surface area (Å²) in [4.78, 5) is 13.3. The molecule has 0 aliphatic heterocycles. The zero-order valence-corrected chi connectivity index (χ0v) is 13.1. The summed E-state index contributed by atoms with van der Waals surface area (Å²) in [5.74, 6) is -0.284. The van der Waals surface area contributed by atoms with Crippen LogP contribution in [0.1, 0.15) is 10.5 Å². The second-order valence-corrected chi connectivity index (χ2v) is 5.65. The van der Waals surface area contributed by atoms with Gasteiger partial charge in [0.15, 0.2) is 11.5 Å². The molecule has 0 spiro atoms. The smallest absolute Gasteiger partial charge is 0.277 e. The molecular formula is C17H13FN2O2S. The average molecular weight is 328 g/mol. The molecule has 0 bridgehead atoms. The summed E-state index contributed by atoms with van der Waals surface area (Å²) in [6.45, 7) is 0. The Balaban J connectivity index is 1.76. The van der Waals surface area contributed by atoms with Crippen molar-refractivity contribution in [2.45, 2.75) is 4.90 Å². The van der Waals surface area contributed by atoms with E-state index in [9.17, 15) is 9.18 Å². The minimum atomic E-state index is -0.361. The first kappa shape index (κ1) is 15.3. The van der Waals surface area contributed by atoms with Crippen LogP contribution in [-0.2, 0) is 0 Å². The van der Waals surface area contributed by atoms with Crippen LogP contribution in [0.5, 0.6) is 0 Å². The lowest BCUT2D eigenvalue weighted by molar-refractivity contribution is 0.101. The SMILES string of the molecule is CSc1cccc(NC(=O)c2cc(-c3ccc(F)cc3)on2)c1. The predicted molar refractivity (Wildman–Crippen MR) is 88.1 cm³/mol. The average Bonchev–Trinajstić information content (AvgIpc) is 3.06. The van der Waals surface area contributed by atoms with Crippen molar-refractivity contribution in [3.63, 3.8) is 0 Å². The molecule has 0 saturated carbocycles. The second-order valence-electron chi connectivity index (χ2n) is 4.77. The summed E-state index contributed by atoms with van der Waals surface area (Å²) in [6, 6.07) is 14.8. The number of rotatable bonds is 4. The third kappa shape index (κ3) is 3.60. The van der Waals surface area contributed by atoms with Gasteiger partial charge in [0.1, 0.15) is 5.82 Å². The van der Waals surface area contributed by atoms with Gasteiger partial charge in [-0.05, 0) is 48.7 Å². The van der Waals surface area contributed by atoms with Crippen LogP contribution in [0.3, 0.4) is 0 Å². The van der Waals surface area contributed by atoms with Crippen LogP contribution in [-0.4, -0.2) is 17.3 Å². The summed E-state index contributed by atoms with van der Waals surface area (Å²) in [5.41, 5.74) is 1.51. The van der Waals surface area contributed by atoms with Gasteiger partial charge in [-0.3, -0.25) is 4.79 Å². The van der Waals surface area contributed by atoms with Crippen molar-refractivity contribution in [2.75, 3.05) is 11.6 Å². The molecule has 2 aromatic carbocycles. The largest absolute Gasteiger partial charge is 0.355 e. The summed E-state index contributed by atoms with van der Waals surface area (Å²) < 4.78 is 18.1. The molecule has 0 unspecified atom stereocenters. The minimum absolute atomic E-state index is 0.166. The molecule has 3 aromatic rings. The van der Waals surface area contributed by atoms with Crippen LogP contribution in [0.4, 0.5) is 10.1 Å². The lowest BCUT2D eigenvalue weighted by atomic mass is 10.1. The van der Waals surface area contributed by atoms with E-state index in [1.54, 1.807) is 30.0 Å². The Morgan fingerprint density at radius 2 is 1.96 bits per heavy atom. The quantitative estimate of drug-likeness (QED) is 0.719. The number of aromatic nitrogens is 1. The molecule has 4 nitrogen and oxygen atoms in total. The van der Waals surface area contributed by atoms with Crippen molar-refractivity contribution in [3.05, 3.63) is 66.1 Å². The fraction of sp³-hybridized carbons (Fsp3) is 0.0588. The van der Waals surface area contributed by atoms with E-state index >= 15 is 0 Å². The van der Waals surface area contributed by atoms with Crippen molar-refractivity contribution >= 4 is 23.4 Å². The van der Waals surface area contributed by atoms with Crippen molar-refractivity contribution in [3.8, 4) is 11.3 Å². The molecule has 0 fully saturated rings. The molecule has 3 rings (SSSR count). The van der Waals surface area contributed by atoms with E-state index < -0.39 is 0 Å². The lowest BCUT2D eigenvalue weighted by Gasteiger charge is -2.04. The minimum Gasteiger partial charge on any atom is -0.355 e. The van der Waals surface area contributed by atoms with E-state index in [1.165, 1.54) is 18.2 Å². The number of nitrogens with one attached hydrogen (secondary N) is 1. The maximum atomic E-state index is 12.9. The number of nitrogens with zero attached hydrogens (tertiary/aromatic N) is 1. The van der Waals surface area contributed by atoms with Crippen LogP contribution >= 0.6 is 11.8 Å². The third-order valence-electron chi connectivity index (χ3n) is 3.20. The molecular weight excluding hydrogens is 315 g/mol.